The first-order valence-electron chi connectivity index (χ1n) is 5.41. The summed E-state index contributed by atoms with van der Waals surface area (Å²) in [5, 5.41) is 2.58. The molecular weight excluding hydrogens is 563 g/mol. The van der Waals surface area contributed by atoms with E-state index in [1.54, 1.807) is 0 Å². The maximum absolute atomic E-state index is 2.39. The molecule has 0 saturated heterocycles. The molecule has 0 saturated carbocycles. The molecule has 3 aromatic rings. The van der Waals surface area contributed by atoms with Crippen molar-refractivity contribution in [1.82, 2.24) is 0 Å². The molecule has 0 aliphatic rings. The number of para-hydroxylation sites is 2. The van der Waals surface area contributed by atoms with E-state index in [1.807, 2.05) is 0 Å². The number of rotatable bonds is 0. The summed E-state index contributed by atoms with van der Waals surface area (Å²) in [6.45, 7) is 0. The maximum atomic E-state index is 2.39. The number of hydrogen-bond donors (Lipinski definition) is 0. The van der Waals surface area contributed by atoms with Crippen LogP contribution >= 0.6 is 37.2 Å². The van der Waals surface area contributed by atoms with E-state index in [0.29, 0.717) is 13.3 Å². The van der Waals surface area contributed by atoms with Crippen molar-refractivity contribution >= 4 is 59.0 Å². The van der Waals surface area contributed by atoms with Crippen LogP contribution in [0.25, 0.3) is 21.8 Å². The number of fused-ring (bicyclic) bond motifs is 2. The predicted octanol–water partition coefficient (Wildman–Crippen LogP) is 1.59. The Labute approximate surface area is 137 Å². The van der Waals surface area contributed by atoms with Gasteiger partial charge in [-0.05, 0) is 18.2 Å². The summed E-state index contributed by atoms with van der Waals surface area (Å²) >= 11 is 5.30. The second-order valence-corrected chi connectivity index (χ2v) is 20.1. The van der Waals surface area contributed by atoms with Crippen LogP contribution in [0.5, 0.6) is 0 Å². The molecule has 0 bridgehead atoms. The van der Waals surface area contributed by atoms with E-state index in [2.05, 4.69) is 103 Å². The van der Waals surface area contributed by atoms with Crippen LogP contribution in [0.4, 0.5) is 0 Å². The van der Waals surface area contributed by atoms with E-state index in [9.17, 15) is 0 Å². The molecule has 18 heavy (non-hydrogen) atoms. The molecule has 0 radical (unpaired) electrons. The molecule has 0 amide bonds. The zero-order chi connectivity index (χ0) is 13.0. The fourth-order valence-electron chi connectivity index (χ4n) is 2.13. The van der Waals surface area contributed by atoms with Gasteiger partial charge in [0.05, 0.1) is 0 Å². The van der Waals surface area contributed by atoms with Crippen LogP contribution in [0.15, 0.2) is 54.6 Å². The van der Waals surface area contributed by atoms with E-state index in [4.69, 9.17) is 0 Å². The van der Waals surface area contributed by atoms with Crippen molar-refractivity contribution < 1.29 is 17.8 Å². The average Bonchev–Trinajstić information content (AvgIpc) is 2.40. The zero-order valence-corrected chi connectivity index (χ0v) is 16.2. The number of nitrogens with zero attached hydrogens (tertiary/aromatic N) is 1. The van der Waals surface area contributed by atoms with Gasteiger partial charge in [-0.3, -0.25) is 0 Å². The fourth-order valence-corrected chi connectivity index (χ4v) is 2.13. The Morgan fingerprint density at radius 1 is 0.833 bits per heavy atom. The molecule has 0 atom stereocenters. The molecule has 1 nitrogen and oxygen atoms in total. The molecule has 0 aliphatic carbocycles. The molecule has 1 heterocycles. The number of aromatic nitrogens is 1. The molecule has 3 rings (SSSR count). The van der Waals surface area contributed by atoms with Crippen molar-refractivity contribution in [3.63, 3.8) is 0 Å². The van der Waals surface area contributed by atoms with Crippen molar-refractivity contribution in [3.8, 4) is 0 Å². The molecule has 4 heteroatoms. The van der Waals surface area contributed by atoms with Gasteiger partial charge in [0.15, 0.2) is 0 Å². The van der Waals surface area contributed by atoms with Crippen LogP contribution in [0.1, 0.15) is 0 Å². The zero-order valence-electron chi connectivity index (χ0n) is 9.78. The summed E-state index contributed by atoms with van der Waals surface area (Å²) < 4.78 is 2.24. The minimum absolute atomic E-state index is 0.530. The van der Waals surface area contributed by atoms with Crippen LogP contribution in [0.2, 0.25) is 0 Å². The van der Waals surface area contributed by atoms with Crippen molar-refractivity contribution in [2.45, 2.75) is 0 Å². The summed E-state index contributed by atoms with van der Waals surface area (Å²) in [6, 6.07) is 19.2. The molecule has 0 N–H and O–H groups in total. The summed E-state index contributed by atoms with van der Waals surface area (Å²) in [5.74, 6) is 0. The van der Waals surface area contributed by atoms with Crippen LogP contribution in [-0.2, 0) is 7.05 Å². The first-order valence-corrected chi connectivity index (χ1v) is 18.0. The van der Waals surface area contributed by atoms with Gasteiger partial charge < -0.3 is 0 Å². The van der Waals surface area contributed by atoms with Gasteiger partial charge in [0.25, 0.3) is 0 Å². The van der Waals surface area contributed by atoms with Gasteiger partial charge in [-0.2, -0.15) is 4.57 Å². The molecular formula is C14H12I3N. The molecule has 94 valence electrons. The third-order valence-electron chi connectivity index (χ3n) is 2.91. The Balaban J connectivity index is 0.000000367. The number of aryl methyl sites for hydroxylation is 1. The van der Waals surface area contributed by atoms with Crippen LogP contribution in [-0.4, -0.2) is 0 Å². The van der Waals surface area contributed by atoms with Gasteiger partial charge in [0.1, 0.15) is 7.05 Å². The molecule has 1 aromatic heterocycles. The third kappa shape index (κ3) is 3.24. The molecule has 0 unspecified atom stereocenters. The average molecular weight is 575 g/mol. The van der Waals surface area contributed by atoms with Gasteiger partial charge in [0.2, 0.25) is 11.0 Å². The SMILES string of the molecule is C[n+]1c2ccccc2cc2ccccc21.I[I-]I. The Morgan fingerprint density at radius 3 is 1.67 bits per heavy atom. The summed E-state index contributed by atoms with van der Waals surface area (Å²) in [6.07, 6.45) is 0. The standard InChI is InChI=1S/C14H12N.I3/c1-15-13-8-4-2-6-11(13)10-12-7-3-5-9-14(12)15;1-3-2/h2-10H,1H3;/q+1;-1. The number of halogens is 3. The Kier molecular flexibility index (Phi) is 5.87. The van der Waals surface area contributed by atoms with Gasteiger partial charge in [-0.1, -0.05) is 24.3 Å². The van der Waals surface area contributed by atoms with Crippen LogP contribution < -0.4 is 17.8 Å². The first kappa shape index (κ1) is 14.7. The summed E-state index contributed by atoms with van der Waals surface area (Å²) in [7, 11) is 2.12. The second kappa shape index (κ2) is 7.18. The minimum atomic E-state index is 0.530. The molecule has 0 aliphatic heterocycles. The first-order chi connectivity index (χ1) is 8.77. The third-order valence-corrected chi connectivity index (χ3v) is 2.91. The normalized spacial score (nSPS) is 10.4. The van der Waals surface area contributed by atoms with E-state index >= 15 is 0 Å². The number of hydrogen-bond acceptors (Lipinski definition) is 0. The Hall–Kier alpha value is 0.300. The Morgan fingerprint density at radius 2 is 1.22 bits per heavy atom. The number of benzene rings is 2. The van der Waals surface area contributed by atoms with Crippen molar-refractivity contribution in [3.05, 3.63) is 54.6 Å². The molecule has 0 spiro atoms. The summed E-state index contributed by atoms with van der Waals surface area (Å²) in [5.41, 5.74) is 2.55. The van der Waals surface area contributed by atoms with E-state index in [0.717, 1.165) is 0 Å². The van der Waals surface area contributed by atoms with Crippen molar-refractivity contribution in [1.29, 1.82) is 0 Å². The summed E-state index contributed by atoms with van der Waals surface area (Å²) in [4.78, 5) is 0. The fraction of sp³-hybridized carbons (Fsp3) is 0.0714. The van der Waals surface area contributed by atoms with E-state index < -0.39 is 0 Å². The topological polar surface area (TPSA) is 3.88 Å². The van der Waals surface area contributed by atoms with Crippen LogP contribution in [0.3, 0.4) is 0 Å². The Bertz CT molecular complexity index is 613. The predicted molar refractivity (Wildman–Crippen MR) is 90.7 cm³/mol. The van der Waals surface area contributed by atoms with Crippen LogP contribution in [0, 0.1) is 0 Å². The monoisotopic (exact) mass is 575 g/mol. The van der Waals surface area contributed by atoms with Gasteiger partial charge in [-0.15, -0.1) is 0 Å². The number of pyridine rings is 1. The quantitative estimate of drug-likeness (QED) is 0.218. The van der Waals surface area contributed by atoms with Gasteiger partial charge in [0, 0.05) is 22.9 Å². The van der Waals surface area contributed by atoms with Gasteiger partial charge in [-0.25, -0.2) is 0 Å². The van der Waals surface area contributed by atoms with Crippen molar-refractivity contribution in [2.24, 2.45) is 7.05 Å². The second-order valence-electron chi connectivity index (χ2n) is 3.87. The van der Waals surface area contributed by atoms with E-state index in [1.165, 1.54) is 21.8 Å². The molecule has 2 aromatic carbocycles. The van der Waals surface area contributed by atoms with Crippen molar-refractivity contribution in [2.75, 3.05) is 0 Å². The molecule has 0 fully saturated rings. The van der Waals surface area contributed by atoms with E-state index in [-0.39, 0.29) is 0 Å². The van der Waals surface area contributed by atoms with Gasteiger partial charge >= 0.3 is 50.5 Å².